The Morgan fingerprint density at radius 3 is 2.24 bits per heavy atom. The fourth-order valence-corrected chi connectivity index (χ4v) is 5.57. The van der Waals surface area contributed by atoms with Gasteiger partial charge in [0, 0.05) is 15.7 Å². The van der Waals surface area contributed by atoms with Crippen LogP contribution in [0.5, 0.6) is 5.75 Å². The number of carbonyl (C=O) groups is 1. The molecule has 1 heterocycles. The second kappa shape index (κ2) is 9.54. The van der Waals surface area contributed by atoms with Gasteiger partial charge in [-0.1, -0.05) is 48.0 Å². The molecule has 1 amide bonds. The molecular formula is C25H19Cl2NO5S. The molecule has 4 rings (SSSR count). The molecule has 0 bridgehead atoms. The van der Waals surface area contributed by atoms with E-state index in [0.717, 1.165) is 0 Å². The number of benzene rings is 3. The van der Waals surface area contributed by atoms with Gasteiger partial charge in [0.25, 0.3) is 5.91 Å². The summed E-state index contributed by atoms with van der Waals surface area (Å²) in [5, 5.41) is 11.6. The van der Waals surface area contributed by atoms with Crippen molar-refractivity contribution in [3.8, 4) is 5.75 Å². The summed E-state index contributed by atoms with van der Waals surface area (Å²) in [5.74, 6) is -1.25. The van der Waals surface area contributed by atoms with Crippen LogP contribution in [-0.2, 0) is 14.6 Å². The highest BCUT2D eigenvalue weighted by Gasteiger charge is 2.47. The number of aliphatic hydroxyl groups is 1. The molecule has 1 aliphatic heterocycles. The molecule has 6 nitrogen and oxygen atoms in total. The van der Waals surface area contributed by atoms with Gasteiger partial charge in [0.2, 0.25) is 9.84 Å². The first kappa shape index (κ1) is 23.9. The summed E-state index contributed by atoms with van der Waals surface area (Å²) in [5.41, 5.74) is 0.797. The van der Waals surface area contributed by atoms with E-state index in [1.807, 2.05) is 0 Å². The Kier molecular flexibility index (Phi) is 6.70. The number of aliphatic hydroxyl groups excluding tert-OH is 1. The fourth-order valence-electron chi connectivity index (χ4n) is 3.70. The highest BCUT2D eigenvalue weighted by molar-refractivity contribution is 7.95. The Morgan fingerprint density at radius 1 is 1.00 bits per heavy atom. The van der Waals surface area contributed by atoms with E-state index in [-0.39, 0.29) is 11.5 Å². The second-order valence-corrected chi connectivity index (χ2v) is 10.2. The number of nitrogens with zero attached hydrogens (tertiary/aromatic N) is 1. The minimum Gasteiger partial charge on any atom is -0.502 e. The Hall–Kier alpha value is -3.26. The molecule has 0 saturated heterocycles. The Morgan fingerprint density at radius 2 is 1.62 bits per heavy atom. The summed E-state index contributed by atoms with van der Waals surface area (Å²) in [6, 6.07) is 17.3. The first-order valence-corrected chi connectivity index (χ1v) is 12.3. The molecule has 0 saturated carbocycles. The van der Waals surface area contributed by atoms with Gasteiger partial charge < -0.3 is 9.84 Å². The Bertz CT molecular complexity index is 1380. The first-order chi connectivity index (χ1) is 16.2. The van der Waals surface area contributed by atoms with E-state index in [1.54, 1.807) is 54.6 Å². The predicted octanol–water partition coefficient (Wildman–Crippen LogP) is 5.89. The number of hydrogen-bond donors (Lipinski definition) is 1. The predicted molar refractivity (Wildman–Crippen MR) is 132 cm³/mol. The molecule has 0 aromatic heterocycles. The smallest absolute Gasteiger partial charge is 0.295 e. The molecule has 1 aliphatic rings. The van der Waals surface area contributed by atoms with Crippen molar-refractivity contribution in [2.24, 2.45) is 0 Å². The van der Waals surface area contributed by atoms with Gasteiger partial charge in [-0.2, -0.15) is 0 Å². The topological polar surface area (TPSA) is 83.9 Å². The van der Waals surface area contributed by atoms with Crippen LogP contribution in [0.25, 0.3) is 0 Å². The number of carbonyl (C=O) groups excluding carboxylic acids is 1. The molecular weight excluding hydrogens is 497 g/mol. The summed E-state index contributed by atoms with van der Waals surface area (Å²) in [6.07, 6.45) is 1.58. The van der Waals surface area contributed by atoms with Crippen molar-refractivity contribution >= 4 is 44.6 Å². The lowest BCUT2D eigenvalue weighted by atomic mass is 10.1. The van der Waals surface area contributed by atoms with Crippen molar-refractivity contribution in [3.63, 3.8) is 0 Å². The van der Waals surface area contributed by atoms with E-state index in [1.165, 1.54) is 29.2 Å². The Balaban J connectivity index is 1.91. The zero-order valence-corrected chi connectivity index (χ0v) is 20.0. The number of halogens is 2. The van der Waals surface area contributed by atoms with Crippen LogP contribution in [0.2, 0.25) is 10.0 Å². The highest BCUT2D eigenvalue weighted by Crippen LogP contribution is 2.45. The van der Waals surface area contributed by atoms with Crippen LogP contribution in [0.4, 0.5) is 5.69 Å². The SMILES string of the molecule is C=CCOc1cccc([C@H]2C(S(=O)(=O)c3ccc(Cl)cc3)=C(O)C(=O)N2c2ccc(Cl)cc2)c1. The highest BCUT2D eigenvalue weighted by atomic mass is 35.5. The average Bonchev–Trinajstić information content (AvgIpc) is 3.10. The van der Waals surface area contributed by atoms with E-state index < -0.39 is 32.5 Å². The molecule has 3 aromatic carbocycles. The van der Waals surface area contributed by atoms with Gasteiger partial charge >= 0.3 is 0 Å². The number of anilines is 1. The molecule has 0 unspecified atom stereocenters. The van der Waals surface area contributed by atoms with Crippen molar-refractivity contribution in [3.05, 3.63) is 112 Å². The Labute approximate surface area is 207 Å². The minimum absolute atomic E-state index is 0.103. The molecule has 0 spiro atoms. The first-order valence-electron chi connectivity index (χ1n) is 10.1. The molecule has 3 aromatic rings. The summed E-state index contributed by atoms with van der Waals surface area (Å²) in [6.45, 7) is 3.86. The lowest BCUT2D eigenvalue weighted by Gasteiger charge is -2.27. The number of amides is 1. The third kappa shape index (κ3) is 4.42. The van der Waals surface area contributed by atoms with Gasteiger partial charge in [-0.15, -0.1) is 0 Å². The molecule has 34 heavy (non-hydrogen) atoms. The van der Waals surface area contributed by atoms with E-state index in [0.29, 0.717) is 27.0 Å². The van der Waals surface area contributed by atoms with E-state index in [2.05, 4.69) is 6.58 Å². The molecule has 1 atom stereocenters. The lowest BCUT2D eigenvalue weighted by Crippen LogP contribution is -2.31. The van der Waals surface area contributed by atoms with Crippen LogP contribution in [0, 0.1) is 0 Å². The lowest BCUT2D eigenvalue weighted by molar-refractivity contribution is -0.117. The molecule has 0 aliphatic carbocycles. The molecule has 0 fully saturated rings. The van der Waals surface area contributed by atoms with Crippen molar-refractivity contribution in [1.82, 2.24) is 0 Å². The number of hydrogen-bond acceptors (Lipinski definition) is 5. The van der Waals surface area contributed by atoms with Crippen molar-refractivity contribution in [2.75, 3.05) is 11.5 Å². The van der Waals surface area contributed by atoms with Gasteiger partial charge in [0.15, 0.2) is 5.76 Å². The van der Waals surface area contributed by atoms with E-state index >= 15 is 0 Å². The van der Waals surface area contributed by atoms with Gasteiger partial charge in [-0.3, -0.25) is 9.69 Å². The minimum atomic E-state index is -4.29. The zero-order valence-electron chi connectivity index (χ0n) is 17.7. The van der Waals surface area contributed by atoms with Crippen LogP contribution in [0.1, 0.15) is 11.6 Å². The molecule has 0 radical (unpaired) electrons. The molecule has 1 N–H and O–H groups in total. The summed E-state index contributed by atoms with van der Waals surface area (Å²) in [7, 11) is -4.29. The standard InChI is InChI=1S/C25H19Cl2NO5S/c1-2-14-33-20-5-3-4-16(15-20)22-24(34(31,32)21-12-8-18(27)9-13-21)23(29)25(30)28(22)19-10-6-17(26)7-11-19/h2-13,15,22,29H,1,14H2/t22-/m0/s1. The maximum Gasteiger partial charge on any atom is 0.295 e. The summed E-state index contributed by atoms with van der Waals surface area (Å²) >= 11 is 11.9. The average molecular weight is 516 g/mol. The van der Waals surface area contributed by atoms with Crippen LogP contribution in [0.15, 0.2) is 101 Å². The van der Waals surface area contributed by atoms with Crippen LogP contribution in [0.3, 0.4) is 0 Å². The normalized spacial score (nSPS) is 16.1. The van der Waals surface area contributed by atoms with Crippen molar-refractivity contribution < 1.29 is 23.1 Å². The number of rotatable bonds is 7. The van der Waals surface area contributed by atoms with Gasteiger partial charge in [0.05, 0.1) is 4.90 Å². The fraction of sp³-hybridized carbons (Fsp3) is 0.0800. The monoisotopic (exact) mass is 515 g/mol. The maximum atomic E-state index is 13.7. The quantitative estimate of drug-likeness (QED) is 0.396. The van der Waals surface area contributed by atoms with Crippen LogP contribution >= 0.6 is 23.2 Å². The third-order valence-corrected chi connectivity index (χ3v) is 7.61. The van der Waals surface area contributed by atoms with Gasteiger partial charge in [0.1, 0.15) is 23.3 Å². The summed E-state index contributed by atoms with van der Waals surface area (Å²) in [4.78, 5) is 13.9. The van der Waals surface area contributed by atoms with Crippen molar-refractivity contribution in [2.45, 2.75) is 10.9 Å². The summed E-state index contributed by atoms with van der Waals surface area (Å²) < 4.78 is 32.9. The maximum absolute atomic E-state index is 13.7. The largest absolute Gasteiger partial charge is 0.502 e. The van der Waals surface area contributed by atoms with E-state index in [9.17, 15) is 18.3 Å². The second-order valence-electron chi connectivity index (χ2n) is 7.40. The zero-order chi connectivity index (χ0) is 24.5. The number of ether oxygens (including phenoxy) is 1. The molecule has 174 valence electrons. The molecule has 9 heteroatoms. The van der Waals surface area contributed by atoms with Crippen molar-refractivity contribution in [1.29, 1.82) is 0 Å². The van der Waals surface area contributed by atoms with Gasteiger partial charge in [-0.25, -0.2) is 8.42 Å². The van der Waals surface area contributed by atoms with Crippen LogP contribution < -0.4 is 9.64 Å². The number of sulfone groups is 1. The van der Waals surface area contributed by atoms with Gasteiger partial charge in [-0.05, 0) is 66.2 Å². The third-order valence-electron chi connectivity index (χ3n) is 5.22. The van der Waals surface area contributed by atoms with E-state index in [4.69, 9.17) is 27.9 Å². The van der Waals surface area contributed by atoms with Crippen LogP contribution in [-0.4, -0.2) is 26.0 Å².